The third-order valence-corrected chi connectivity index (χ3v) is 3.56. The van der Waals surface area contributed by atoms with Crippen molar-refractivity contribution < 1.29 is 0 Å². The molecular formula is C14H30. The van der Waals surface area contributed by atoms with E-state index in [2.05, 4.69) is 27.7 Å². The first-order valence-corrected chi connectivity index (χ1v) is 6.76. The van der Waals surface area contributed by atoms with Gasteiger partial charge in [0, 0.05) is 0 Å². The van der Waals surface area contributed by atoms with Crippen LogP contribution in [0, 0.1) is 11.8 Å². The maximum Gasteiger partial charge on any atom is -0.0389 e. The highest BCUT2D eigenvalue weighted by atomic mass is 14.2. The molecule has 0 saturated heterocycles. The van der Waals surface area contributed by atoms with E-state index in [0.29, 0.717) is 0 Å². The van der Waals surface area contributed by atoms with Gasteiger partial charge in [0.2, 0.25) is 0 Å². The molecule has 0 amide bonds. The summed E-state index contributed by atoms with van der Waals surface area (Å²) in [5.41, 5.74) is 0. The van der Waals surface area contributed by atoms with Crippen molar-refractivity contribution in [2.75, 3.05) is 0 Å². The molecule has 0 aliphatic carbocycles. The van der Waals surface area contributed by atoms with E-state index in [1.165, 1.54) is 51.4 Å². The minimum absolute atomic E-state index is 0.943. The van der Waals surface area contributed by atoms with E-state index in [1.54, 1.807) is 0 Å². The Morgan fingerprint density at radius 1 is 0.786 bits per heavy atom. The molecule has 0 spiro atoms. The van der Waals surface area contributed by atoms with E-state index in [1.807, 2.05) is 0 Å². The van der Waals surface area contributed by atoms with E-state index in [9.17, 15) is 0 Å². The Morgan fingerprint density at radius 3 is 1.86 bits per heavy atom. The summed E-state index contributed by atoms with van der Waals surface area (Å²) < 4.78 is 0. The zero-order chi connectivity index (χ0) is 10.8. The van der Waals surface area contributed by atoms with Gasteiger partial charge in [-0.25, -0.2) is 0 Å². The first-order valence-electron chi connectivity index (χ1n) is 6.76. The molecule has 0 aliphatic heterocycles. The number of rotatable bonds is 9. The zero-order valence-corrected chi connectivity index (χ0v) is 10.8. The van der Waals surface area contributed by atoms with Crippen LogP contribution < -0.4 is 0 Å². The molecule has 0 rings (SSSR count). The van der Waals surface area contributed by atoms with Crippen LogP contribution in [-0.2, 0) is 0 Å². The Labute approximate surface area is 91.5 Å². The minimum Gasteiger partial charge on any atom is -0.0654 e. The van der Waals surface area contributed by atoms with Gasteiger partial charge in [-0.2, -0.15) is 0 Å². The summed E-state index contributed by atoms with van der Waals surface area (Å²) >= 11 is 0. The number of unbranched alkanes of at least 4 members (excludes halogenated alkanes) is 3. The summed E-state index contributed by atoms with van der Waals surface area (Å²) in [5.74, 6) is 1.95. The molecule has 86 valence electrons. The molecule has 0 heteroatoms. The molecule has 2 atom stereocenters. The van der Waals surface area contributed by atoms with E-state index < -0.39 is 0 Å². The largest absolute Gasteiger partial charge is 0.0654 e. The van der Waals surface area contributed by atoms with Crippen LogP contribution in [0.5, 0.6) is 0 Å². The summed E-state index contributed by atoms with van der Waals surface area (Å²) in [6, 6.07) is 0. The monoisotopic (exact) mass is 198 g/mol. The lowest BCUT2D eigenvalue weighted by molar-refractivity contribution is 0.291. The summed E-state index contributed by atoms with van der Waals surface area (Å²) in [5, 5.41) is 0. The van der Waals surface area contributed by atoms with Crippen LogP contribution in [0.25, 0.3) is 0 Å². The Kier molecular flexibility index (Phi) is 9.55. The van der Waals surface area contributed by atoms with Gasteiger partial charge in [-0.05, 0) is 11.8 Å². The standard InChI is InChI=1S/C14H30/c1-5-8-10-12-14(11-9-6-2)13(4)7-3/h13-14H,5-12H2,1-4H3. The molecule has 0 aromatic carbocycles. The lowest BCUT2D eigenvalue weighted by Crippen LogP contribution is -2.11. The van der Waals surface area contributed by atoms with Crippen molar-refractivity contribution >= 4 is 0 Å². The minimum atomic E-state index is 0.943. The van der Waals surface area contributed by atoms with Gasteiger partial charge in [-0.3, -0.25) is 0 Å². The molecule has 0 radical (unpaired) electrons. The molecule has 0 saturated carbocycles. The Balaban J connectivity index is 3.72. The van der Waals surface area contributed by atoms with Gasteiger partial charge in [0.25, 0.3) is 0 Å². The average molecular weight is 198 g/mol. The molecule has 0 fully saturated rings. The van der Waals surface area contributed by atoms with Crippen LogP contribution in [0.3, 0.4) is 0 Å². The van der Waals surface area contributed by atoms with E-state index >= 15 is 0 Å². The van der Waals surface area contributed by atoms with Gasteiger partial charge in [0.05, 0.1) is 0 Å². The summed E-state index contributed by atoms with van der Waals surface area (Å²) in [4.78, 5) is 0. The van der Waals surface area contributed by atoms with Gasteiger partial charge in [0.15, 0.2) is 0 Å². The van der Waals surface area contributed by atoms with Crippen LogP contribution in [-0.4, -0.2) is 0 Å². The van der Waals surface area contributed by atoms with Crippen LogP contribution >= 0.6 is 0 Å². The molecule has 0 bridgehead atoms. The fraction of sp³-hybridized carbons (Fsp3) is 1.00. The van der Waals surface area contributed by atoms with Gasteiger partial charge >= 0.3 is 0 Å². The number of hydrogen-bond acceptors (Lipinski definition) is 0. The summed E-state index contributed by atoms with van der Waals surface area (Å²) in [7, 11) is 0. The first kappa shape index (κ1) is 14.0. The Hall–Kier alpha value is 0. The van der Waals surface area contributed by atoms with E-state index in [0.717, 1.165) is 11.8 Å². The summed E-state index contributed by atoms with van der Waals surface area (Å²) in [6.45, 7) is 9.37. The first-order chi connectivity index (χ1) is 6.76. The SMILES string of the molecule is CCCCCC(CCCC)C(C)CC. The topological polar surface area (TPSA) is 0 Å². The third kappa shape index (κ3) is 6.45. The third-order valence-electron chi connectivity index (χ3n) is 3.56. The Morgan fingerprint density at radius 2 is 1.36 bits per heavy atom. The van der Waals surface area contributed by atoms with Crippen molar-refractivity contribution in [1.82, 2.24) is 0 Å². The van der Waals surface area contributed by atoms with Gasteiger partial charge < -0.3 is 0 Å². The molecule has 0 aromatic rings. The maximum absolute atomic E-state index is 2.44. The second-order valence-corrected chi connectivity index (χ2v) is 4.78. The maximum atomic E-state index is 2.44. The second-order valence-electron chi connectivity index (χ2n) is 4.78. The lowest BCUT2D eigenvalue weighted by atomic mass is 9.83. The molecule has 0 heterocycles. The second kappa shape index (κ2) is 9.55. The average Bonchev–Trinajstić information content (AvgIpc) is 2.22. The molecule has 0 nitrogen and oxygen atoms in total. The van der Waals surface area contributed by atoms with Crippen molar-refractivity contribution in [2.45, 2.75) is 79.1 Å². The smallest absolute Gasteiger partial charge is 0.0389 e. The predicted octanol–water partition coefficient (Wildman–Crippen LogP) is 5.42. The van der Waals surface area contributed by atoms with Crippen molar-refractivity contribution in [3.8, 4) is 0 Å². The fourth-order valence-corrected chi connectivity index (χ4v) is 2.17. The van der Waals surface area contributed by atoms with Crippen LogP contribution in [0.1, 0.15) is 79.1 Å². The van der Waals surface area contributed by atoms with Gasteiger partial charge in [-0.15, -0.1) is 0 Å². The van der Waals surface area contributed by atoms with E-state index in [-0.39, 0.29) is 0 Å². The Bertz CT molecular complexity index is 107. The van der Waals surface area contributed by atoms with Gasteiger partial charge in [-0.1, -0.05) is 79.1 Å². The van der Waals surface area contributed by atoms with Crippen molar-refractivity contribution in [3.05, 3.63) is 0 Å². The lowest BCUT2D eigenvalue weighted by Gasteiger charge is -2.22. The van der Waals surface area contributed by atoms with Crippen LogP contribution in [0.4, 0.5) is 0 Å². The molecule has 2 unspecified atom stereocenters. The fourth-order valence-electron chi connectivity index (χ4n) is 2.17. The number of hydrogen-bond donors (Lipinski definition) is 0. The summed E-state index contributed by atoms with van der Waals surface area (Å²) in [6.07, 6.45) is 11.3. The van der Waals surface area contributed by atoms with Crippen LogP contribution in [0.2, 0.25) is 0 Å². The quantitative estimate of drug-likeness (QED) is 0.434. The highest BCUT2D eigenvalue weighted by Gasteiger charge is 2.14. The molecular weight excluding hydrogens is 168 g/mol. The molecule has 0 aromatic heterocycles. The van der Waals surface area contributed by atoms with Crippen LogP contribution in [0.15, 0.2) is 0 Å². The van der Waals surface area contributed by atoms with Crippen molar-refractivity contribution in [2.24, 2.45) is 11.8 Å². The van der Waals surface area contributed by atoms with Crippen molar-refractivity contribution in [1.29, 1.82) is 0 Å². The highest BCUT2D eigenvalue weighted by molar-refractivity contribution is 4.65. The predicted molar refractivity (Wildman–Crippen MR) is 66.6 cm³/mol. The molecule has 0 aliphatic rings. The van der Waals surface area contributed by atoms with Crippen molar-refractivity contribution in [3.63, 3.8) is 0 Å². The highest BCUT2D eigenvalue weighted by Crippen LogP contribution is 2.26. The molecule has 14 heavy (non-hydrogen) atoms. The van der Waals surface area contributed by atoms with E-state index in [4.69, 9.17) is 0 Å². The zero-order valence-electron chi connectivity index (χ0n) is 10.8. The molecule has 0 N–H and O–H groups in total. The van der Waals surface area contributed by atoms with Gasteiger partial charge in [0.1, 0.15) is 0 Å². The normalized spacial score (nSPS) is 15.4.